The van der Waals surface area contributed by atoms with E-state index in [4.69, 9.17) is 23.2 Å². The smallest absolute Gasteiger partial charge is 0.171 e. The summed E-state index contributed by atoms with van der Waals surface area (Å²) >= 11 is 13.4. The van der Waals surface area contributed by atoms with E-state index in [0.29, 0.717) is 11.0 Å². The third-order valence-electron chi connectivity index (χ3n) is 2.31. The van der Waals surface area contributed by atoms with E-state index >= 15 is 0 Å². The molecule has 2 aromatic rings. The zero-order chi connectivity index (χ0) is 11.7. The number of aromatic nitrogens is 2. The number of aryl methyl sites for hydroxylation is 1. The molecule has 0 radical (unpaired) electrons. The van der Waals surface area contributed by atoms with Gasteiger partial charge in [0.25, 0.3) is 0 Å². The number of nitrogens with zero attached hydrogens (tertiary/aromatic N) is 2. The highest BCUT2D eigenvalue weighted by Gasteiger charge is 2.11. The van der Waals surface area contributed by atoms with Gasteiger partial charge < -0.3 is 0 Å². The summed E-state index contributed by atoms with van der Waals surface area (Å²) in [5.74, 6) is 0.650. The lowest BCUT2D eigenvalue weighted by Crippen LogP contribution is -1.98. The lowest BCUT2D eigenvalue weighted by atomic mass is 10.2. The Balaban J connectivity index is 2.52. The van der Waals surface area contributed by atoms with Crippen LogP contribution in [0.4, 0.5) is 0 Å². The van der Waals surface area contributed by atoms with Crippen LogP contribution in [0.2, 0.25) is 9.49 Å². The van der Waals surface area contributed by atoms with Crippen molar-refractivity contribution in [3.63, 3.8) is 0 Å². The van der Waals surface area contributed by atoms with Gasteiger partial charge in [-0.3, -0.25) is 0 Å². The van der Waals surface area contributed by atoms with Crippen LogP contribution >= 0.6 is 34.5 Å². The van der Waals surface area contributed by atoms with Crippen LogP contribution in [-0.2, 0) is 6.42 Å². The van der Waals surface area contributed by atoms with Crippen molar-refractivity contribution in [3.05, 3.63) is 32.9 Å². The minimum absolute atomic E-state index is 0.537. The number of rotatable bonds is 2. The Kier molecular flexibility index (Phi) is 3.47. The van der Waals surface area contributed by atoms with Gasteiger partial charge in [-0.15, -0.1) is 11.3 Å². The van der Waals surface area contributed by atoms with E-state index in [1.165, 1.54) is 11.3 Å². The molecule has 2 nitrogen and oxygen atoms in total. The van der Waals surface area contributed by atoms with Crippen molar-refractivity contribution in [2.24, 2.45) is 0 Å². The number of thiophene rings is 1. The quantitative estimate of drug-likeness (QED) is 0.759. The molecule has 0 bridgehead atoms. The van der Waals surface area contributed by atoms with Gasteiger partial charge in [0.2, 0.25) is 0 Å². The van der Waals surface area contributed by atoms with Gasteiger partial charge in [-0.1, -0.05) is 30.1 Å². The second-order valence-electron chi connectivity index (χ2n) is 3.36. The zero-order valence-electron chi connectivity index (χ0n) is 8.92. The Bertz CT molecular complexity index is 499. The van der Waals surface area contributed by atoms with Gasteiger partial charge in [-0.05, 0) is 25.5 Å². The molecule has 0 aliphatic carbocycles. The lowest BCUT2D eigenvalue weighted by Gasteiger charge is -2.06. The Labute approximate surface area is 108 Å². The predicted molar refractivity (Wildman–Crippen MR) is 69.5 cm³/mol. The fourth-order valence-electron chi connectivity index (χ4n) is 1.51. The normalized spacial score (nSPS) is 10.8. The van der Waals surface area contributed by atoms with Gasteiger partial charge in [-0.25, -0.2) is 9.97 Å². The van der Waals surface area contributed by atoms with Crippen molar-refractivity contribution >= 4 is 34.5 Å². The van der Waals surface area contributed by atoms with E-state index in [1.54, 1.807) is 0 Å². The predicted octanol–water partition coefficient (Wildman–Crippen LogP) is 4.38. The molecule has 0 aromatic carbocycles. The van der Waals surface area contributed by atoms with Crippen molar-refractivity contribution in [1.82, 2.24) is 9.97 Å². The molecule has 0 amide bonds. The molecular weight excluding hydrogens is 263 g/mol. The molecular formula is C11H10Cl2N2S. The lowest BCUT2D eigenvalue weighted by molar-refractivity contribution is 1.00. The Hall–Kier alpha value is -0.640. The molecule has 2 heterocycles. The maximum absolute atomic E-state index is 6.11. The standard InChI is InChI=1S/C11H10Cl2N2S/c1-3-7-6(2)14-11(15-10(7)13)8-4-5-9(12)16-8/h4-5H,3H2,1-2H3. The van der Waals surface area contributed by atoms with Crippen molar-refractivity contribution < 1.29 is 0 Å². The maximum Gasteiger partial charge on any atom is 0.171 e. The van der Waals surface area contributed by atoms with Crippen LogP contribution in [-0.4, -0.2) is 9.97 Å². The largest absolute Gasteiger partial charge is 0.232 e. The zero-order valence-corrected chi connectivity index (χ0v) is 11.2. The number of hydrogen-bond donors (Lipinski definition) is 0. The summed E-state index contributed by atoms with van der Waals surface area (Å²) in [4.78, 5) is 9.68. The molecule has 0 unspecified atom stereocenters. The highest BCUT2D eigenvalue weighted by molar-refractivity contribution is 7.19. The molecule has 0 saturated heterocycles. The molecule has 0 aliphatic heterocycles. The average molecular weight is 273 g/mol. The maximum atomic E-state index is 6.11. The van der Waals surface area contributed by atoms with Gasteiger partial charge in [0.05, 0.1) is 9.21 Å². The van der Waals surface area contributed by atoms with E-state index in [9.17, 15) is 0 Å². The SMILES string of the molecule is CCc1c(C)nc(-c2ccc(Cl)s2)nc1Cl. The van der Waals surface area contributed by atoms with Gasteiger partial charge in [0.15, 0.2) is 5.82 Å². The van der Waals surface area contributed by atoms with Crippen LogP contribution in [0.15, 0.2) is 12.1 Å². The average Bonchev–Trinajstić information content (AvgIpc) is 2.64. The minimum Gasteiger partial charge on any atom is -0.232 e. The Morgan fingerprint density at radius 3 is 2.50 bits per heavy atom. The molecule has 2 aromatic heterocycles. The molecule has 0 spiro atoms. The highest BCUT2D eigenvalue weighted by atomic mass is 35.5. The summed E-state index contributed by atoms with van der Waals surface area (Å²) in [5.41, 5.74) is 1.94. The summed E-state index contributed by atoms with van der Waals surface area (Å²) in [7, 11) is 0. The van der Waals surface area contributed by atoms with Crippen molar-refractivity contribution in [1.29, 1.82) is 0 Å². The molecule has 0 aliphatic rings. The third-order valence-corrected chi connectivity index (χ3v) is 3.85. The van der Waals surface area contributed by atoms with Crippen molar-refractivity contribution in [2.75, 3.05) is 0 Å². The molecule has 2 rings (SSSR count). The van der Waals surface area contributed by atoms with Crippen LogP contribution in [0.3, 0.4) is 0 Å². The molecule has 16 heavy (non-hydrogen) atoms. The molecule has 0 N–H and O–H groups in total. The topological polar surface area (TPSA) is 25.8 Å². The van der Waals surface area contributed by atoms with Gasteiger partial charge >= 0.3 is 0 Å². The molecule has 0 fully saturated rings. The van der Waals surface area contributed by atoms with Crippen LogP contribution in [0.1, 0.15) is 18.2 Å². The van der Waals surface area contributed by atoms with Crippen LogP contribution in [0.25, 0.3) is 10.7 Å². The summed E-state index contributed by atoms with van der Waals surface area (Å²) in [6.45, 7) is 3.99. The summed E-state index contributed by atoms with van der Waals surface area (Å²) < 4.78 is 0.729. The Morgan fingerprint density at radius 2 is 2.00 bits per heavy atom. The molecule has 0 saturated carbocycles. The fourth-order valence-corrected chi connectivity index (χ4v) is 2.84. The van der Waals surface area contributed by atoms with Crippen LogP contribution in [0.5, 0.6) is 0 Å². The van der Waals surface area contributed by atoms with Crippen molar-refractivity contribution in [3.8, 4) is 10.7 Å². The van der Waals surface area contributed by atoms with Crippen molar-refractivity contribution in [2.45, 2.75) is 20.3 Å². The van der Waals surface area contributed by atoms with E-state index in [0.717, 1.165) is 26.9 Å². The van der Waals surface area contributed by atoms with Gasteiger partial charge in [-0.2, -0.15) is 0 Å². The minimum atomic E-state index is 0.537. The van der Waals surface area contributed by atoms with E-state index in [-0.39, 0.29) is 0 Å². The number of halogens is 2. The second-order valence-corrected chi connectivity index (χ2v) is 5.43. The summed E-state index contributed by atoms with van der Waals surface area (Å²) in [6.07, 6.45) is 0.843. The van der Waals surface area contributed by atoms with Crippen LogP contribution < -0.4 is 0 Å². The summed E-state index contributed by atoms with van der Waals surface area (Å²) in [6, 6.07) is 3.74. The first-order valence-electron chi connectivity index (χ1n) is 4.90. The van der Waals surface area contributed by atoms with Gasteiger partial charge in [0, 0.05) is 11.3 Å². The third kappa shape index (κ3) is 2.21. The first-order chi connectivity index (χ1) is 7.61. The highest BCUT2D eigenvalue weighted by Crippen LogP contribution is 2.30. The fraction of sp³-hybridized carbons (Fsp3) is 0.273. The molecule has 0 atom stereocenters. The first-order valence-corrected chi connectivity index (χ1v) is 6.47. The first kappa shape index (κ1) is 11.8. The molecule has 5 heteroatoms. The van der Waals surface area contributed by atoms with E-state index < -0.39 is 0 Å². The van der Waals surface area contributed by atoms with Crippen LogP contribution in [0, 0.1) is 6.92 Å². The Morgan fingerprint density at radius 1 is 1.25 bits per heavy atom. The molecule has 84 valence electrons. The van der Waals surface area contributed by atoms with E-state index in [1.807, 2.05) is 26.0 Å². The monoisotopic (exact) mass is 272 g/mol. The second kappa shape index (κ2) is 4.70. The van der Waals surface area contributed by atoms with E-state index in [2.05, 4.69) is 9.97 Å². The van der Waals surface area contributed by atoms with Gasteiger partial charge in [0.1, 0.15) is 5.15 Å². The number of hydrogen-bond acceptors (Lipinski definition) is 3. The summed E-state index contributed by atoms with van der Waals surface area (Å²) in [5, 5.41) is 0.537.